The molecule has 7 heteroatoms. The summed E-state index contributed by atoms with van der Waals surface area (Å²) in [6.07, 6.45) is 3.93. The van der Waals surface area contributed by atoms with Crippen LogP contribution in [-0.4, -0.2) is 46.3 Å². The molecule has 2 aliphatic rings. The van der Waals surface area contributed by atoms with Crippen LogP contribution in [0.3, 0.4) is 0 Å². The maximum atomic E-state index is 13.3. The number of benzene rings is 1. The average molecular weight is 451 g/mol. The summed E-state index contributed by atoms with van der Waals surface area (Å²) in [4.78, 5) is 19.8. The third kappa shape index (κ3) is 5.03. The van der Waals surface area contributed by atoms with Gasteiger partial charge in [0, 0.05) is 34.8 Å². The van der Waals surface area contributed by atoms with Crippen molar-refractivity contribution in [2.45, 2.75) is 64.3 Å². The van der Waals surface area contributed by atoms with Gasteiger partial charge < -0.3 is 20.5 Å². The van der Waals surface area contributed by atoms with E-state index in [1.165, 1.54) is 0 Å². The molecule has 2 heterocycles. The number of aromatic nitrogens is 1. The molecule has 0 saturated heterocycles. The number of nitrogens with two attached hydrogens (primary N) is 1. The van der Waals surface area contributed by atoms with Crippen LogP contribution < -0.4 is 10.5 Å². The summed E-state index contributed by atoms with van der Waals surface area (Å²) in [7, 11) is 0. The molecule has 0 spiro atoms. The molecule has 0 bridgehead atoms. The lowest BCUT2D eigenvalue weighted by atomic mass is 9.84. The van der Waals surface area contributed by atoms with Gasteiger partial charge in [0.1, 0.15) is 11.5 Å². The van der Waals surface area contributed by atoms with E-state index in [1.807, 2.05) is 26.8 Å². The van der Waals surface area contributed by atoms with Crippen LogP contribution in [0.5, 0.6) is 11.5 Å². The van der Waals surface area contributed by atoms with Crippen molar-refractivity contribution < 1.29 is 14.6 Å². The number of nitrogens with zero attached hydrogens (tertiary/aromatic N) is 2. The highest BCUT2D eigenvalue weighted by Gasteiger charge is 2.32. The van der Waals surface area contributed by atoms with E-state index >= 15 is 0 Å². The van der Waals surface area contributed by atoms with E-state index in [2.05, 4.69) is 6.07 Å². The molecule has 0 radical (unpaired) electrons. The lowest BCUT2D eigenvalue weighted by molar-refractivity contribution is 0.0962. The first-order valence-corrected chi connectivity index (χ1v) is 11.8. The van der Waals surface area contributed by atoms with Gasteiger partial charge in [-0.3, -0.25) is 10.2 Å². The van der Waals surface area contributed by atoms with Crippen LogP contribution in [0.1, 0.15) is 85.2 Å². The minimum absolute atomic E-state index is 0.0740. The fourth-order valence-corrected chi connectivity index (χ4v) is 4.16. The van der Waals surface area contributed by atoms with Gasteiger partial charge in [0.2, 0.25) is 0 Å². The Morgan fingerprint density at radius 3 is 2.70 bits per heavy atom. The number of Topliss-reactive ketones (excluding diaryl/α,β-unsaturated/α-hetero) is 1. The van der Waals surface area contributed by atoms with Gasteiger partial charge in [0.25, 0.3) is 0 Å². The standard InChI is InChI=1S/C26H34N4O3/c1-26(2,3)19-12-18(13-22(24(19)32)33-11-5-4-10-27)21(31)15-30-14-17-8-9-20(16-6-7-16)29-23(17)25(30)28/h8-9,12-13,16,28,32H,4-7,10-11,14-15,27H2,1-3H3. The number of hydrogen-bond acceptors (Lipinski definition) is 6. The predicted octanol–water partition coefficient (Wildman–Crippen LogP) is 4.10. The Kier molecular flexibility index (Phi) is 6.43. The van der Waals surface area contributed by atoms with E-state index in [0.29, 0.717) is 54.0 Å². The van der Waals surface area contributed by atoms with Crippen molar-refractivity contribution in [1.82, 2.24) is 9.88 Å². The molecular formula is C26H34N4O3. The molecule has 0 amide bonds. The molecule has 1 saturated carbocycles. The number of hydrogen-bond donors (Lipinski definition) is 3. The zero-order chi connectivity index (χ0) is 23.8. The van der Waals surface area contributed by atoms with Crippen LogP contribution >= 0.6 is 0 Å². The Labute approximate surface area is 195 Å². The molecule has 7 nitrogen and oxygen atoms in total. The van der Waals surface area contributed by atoms with E-state index in [0.717, 1.165) is 36.9 Å². The van der Waals surface area contributed by atoms with Crippen molar-refractivity contribution >= 4 is 11.6 Å². The molecule has 0 unspecified atom stereocenters. The highest BCUT2D eigenvalue weighted by Crippen LogP contribution is 2.40. The first kappa shape index (κ1) is 23.2. The van der Waals surface area contributed by atoms with Crippen LogP contribution in [0.2, 0.25) is 0 Å². The molecule has 1 aromatic heterocycles. The SMILES string of the molecule is CC(C)(C)c1cc(C(=O)CN2Cc3ccc(C4CC4)nc3C2=N)cc(OCCCCN)c1O. The largest absolute Gasteiger partial charge is 0.504 e. The number of carbonyl (C=O) groups is 1. The van der Waals surface area contributed by atoms with Gasteiger partial charge >= 0.3 is 0 Å². The number of phenolic OH excluding ortho intramolecular Hbond substituents is 1. The fourth-order valence-electron chi connectivity index (χ4n) is 4.16. The maximum Gasteiger partial charge on any atom is 0.182 e. The molecule has 1 aliphatic heterocycles. The fraction of sp³-hybridized carbons (Fsp3) is 0.500. The van der Waals surface area contributed by atoms with Gasteiger partial charge in [-0.2, -0.15) is 0 Å². The van der Waals surface area contributed by atoms with Crippen LogP contribution in [0.25, 0.3) is 0 Å². The molecule has 4 N–H and O–H groups in total. The minimum Gasteiger partial charge on any atom is -0.504 e. The summed E-state index contributed by atoms with van der Waals surface area (Å²) in [6, 6.07) is 7.46. The zero-order valence-corrected chi connectivity index (χ0v) is 19.8. The molecular weight excluding hydrogens is 416 g/mol. The van der Waals surface area contributed by atoms with Gasteiger partial charge in [-0.15, -0.1) is 0 Å². The highest BCUT2D eigenvalue weighted by molar-refractivity contribution is 6.04. The van der Waals surface area contributed by atoms with Crippen molar-refractivity contribution in [3.8, 4) is 11.5 Å². The molecule has 33 heavy (non-hydrogen) atoms. The van der Waals surface area contributed by atoms with Crippen molar-refractivity contribution in [2.24, 2.45) is 5.73 Å². The molecule has 4 rings (SSSR count). The van der Waals surface area contributed by atoms with E-state index in [-0.39, 0.29) is 23.5 Å². The lowest BCUT2D eigenvalue weighted by Crippen LogP contribution is -2.30. The van der Waals surface area contributed by atoms with Gasteiger partial charge in [-0.25, -0.2) is 4.98 Å². The van der Waals surface area contributed by atoms with Gasteiger partial charge in [0.15, 0.2) is 17.3 Å². The second-order valence-corrected chi connectivity index (χ2v) is 10.1. The third-order valence-electron chi connectivity index (χ3n) is 6.29. The van der Waals surface area contributed by atoms with Gasteiger partial charge in [0.05, 0.1) is 13.2 Å². The van der Waals surface area contributed by atoms with Crippen molar-refractivity contribution in [1.29, 1.82) is 5.41 Å². The predicted molar refractivity (Wildman–Crippen MR) is 128 cm³/mol. The van der Waals surface area contributed by atoms with Crippen LogP contribution in [0.4, 0.5) is 0 Å². The lowest BCUT2D eigenvalue weighted by Gasteiger charge is -2.24. The monoisotopic (exact) mass is 450 g/mol. The van der Waals surface area contributed by atoms with E-state index in [4.69, 9.17) is 20.9 Å². The average Bonchev–Trinajstić information content (AvgIpc) is 3.57. The Bertz CT molecular complexity index is 1070. The summed E-state index contributed by atoms with van der Waals surface area (Å²) in [5.74, 6) is 1.10. The first-order chi connectivity index (χ1) is 15.7. The highest BCUT2D eigenvalue weighted by atomic mass is 16.5. The minimum atomic E-state index is -0.366. The number of rotatable bonds is 9. The molecule has 176 valence electrons. The number of aromatic hydroxyl groups is 1. The van der Waals surface area contributed by atoms with E-state index in [9.17, 15) is 9.90 Å². The molecule has 1 aromatic carbocycles. The Morgan fingerprint density at radius 2 is 2.03 bits per heavy atom. The maximum absolute atomic E-state index is 13.3. The summed E-state index contributed by atoms with van der Waals surface area (Å²) in [6.45, 7) is 7.56. The number of unbranched alkanes of at least 4 members (excludes halogenated alkanes) is 1. The smallest absolute Gasteiger partial charge is 0.182 e. The third-order valence-corrected chi connectivity index (χ3v) is 6.29. The topological polar surface area (TPSA) is 113 Å². The number of pyridine rings is 1. The number of nitrogens with one attached hydrogen (secondary N) is 1. The second kappa shape index (κ2) is 9.14. The number of amidine groups is 1. The Hall–Kier alpha value is -2.93. The summed E-state index contributed by atoms with van der Waals surface area (Å²) in [5, 5.41) is 19.4. The first-order valence-electron chi connectivity index (χ1n) is 11.8. The van der Waals surface area contributed by atoms with E-state index < -0.39 is 0 Å². The number of ketones is 1. The van der Waals surface area contributed by atoms with Crippen LogP contribution in [0, 0.1) is 5.41 Å². The Morgan fingerprint density at radius 1 is 1.27 bits per heavy atom. The zero-order valence-electron chi connectivity index (χ0n) is 19.8. The number of phenols is 1. The summed E-state index contributed by atoms with van der Waals surface area (Å²) < 4.78 is 5.83. The second-order valence-electron chi connectivity index (χ2n) is 10.1. The van der Waals surface area contributed by atoms with Crippen LogP contribution in [0.15, 0.2) is 24.3 Å². The van der Waals surface area contributed by atoms with Gasteiger partial charge in [-0.1, -0.05) is 26.8 Å². The summed E-state index contributed by atoms with van der Waals surface area (Å²) >= 11 is 0. The quantitative estimate of drug-likeness (QED) is 0.392. The van der Waals surface area contributed by atoms with Crippen molar-refractivity contribution in [3.63, 3.8) is 0 Å². The molecule has 1 fully saturated rings. The van der Waals surface area contributed by atoms with Crippen molar-refractivity contribution in [3.05, 3.63) is 52.3 Å². The number of fused-ring (bicyclic) bond motifs is 1. The van der Waals surface area contributed by atoms with Gasteiger partial charge in [-0.05, 0) is 55.8 Å². The number of carbonyl (C=O) groups excluding carboxylic acids is 1. The molecule has 2 aromatic rings. The van der Waals surface area contributed by atoms with Crippen LogP contribution in [-0.2, 0) is 12.0 Å². The molecule has 1 aliphatic carbocycles. The normalized spacial score (nSPS) is 15.6. The van der Waals surface area contributed by atoms with Crippen molar-refractivity contribution in [2.75, 3.05) is 19.7 Å². The Balaban J connectivity index is 1.54. The molecule has 0 atom stereocenters. The number of ether oxygens (including phenoxy) is 1. The van der Waals surface area contributed by atoms with E-state index in [1.54, 1.807) is 17.0 Å². The summed E-state index contributed by atoms with van der Waals surface area (Å²) in [5.41, 5.74) is 9.06.